The Morgan fingerprint density at radius 1 is 1.23 bits per heavy atom. The average molecular weight is 417 g/mol. The highest BCUT2D eigenvalue weighted by molar-refractivity contribution is 6.02. The Hall–Kier alpha value is -3.56. The average Bonchev–Trinajstić information content (AvgIpc) is 3.17. The lowest BCUT2D eigenvalue weighted by Crippen LogP contribution is -2.35. The Balaban J connectivity index is 1.63. The van der Waals surface area contributed by atoms with Crippen molar-refractivity contribution in [3.63, 3.8) is 0 Å². The van der Waals surface area contributed by atoms with Crippen LogP contribution >= 0.6 is 0 Å². The quantitative estimate of drug-likeness (QED) is 0.665. The van der Waals surface area contributed by atoms with E-state index in [4.69, 9.17) is 4.74 Å². The minimum atomic E-state index is -4.53. The first-order valence-corrected chi connectivity index (χ1v) is 9.14. The van der Waals surface area contributed by atoms with E-state index in [1.165, 1.54) is 19.4 Å². The number of rotatable bonds is 4. The van der Waals surface area contributed by atoms with Crippen LogP contribution in [0.5, 0.6) is 5.75 Å². The van der Waals surface area contributed by atoms with Crippen molar-refractivity contribution in [3.05, 3.63) is 66.0 Å². The van der Waals surface area contributed by atoms with Gasteiger partial charge < -0.3 is 15.4 Å². The largest absolute Gasteiger partial charge is 0.497 e. The number of halogens is 3. The SMILES string of the molecule is COc1ccc([C@@H]2C[C@@H](C(F)(F)F)n3nc(C(=O)Nc4ccccn4)cc3N2)cc1. The van der Waals surface area contributed by atoms with Gasteiger partial charge in [0.15, 0.2) is 11.7 Å². The third kappa shape index (κ3) is 3.93. The van der Waals surface area contributed by atoms with Crippen molar-refractivity contribution in [2.24, 2.45) is 0 Å². The molecule has 0 aliphatic carbocycles. The van der Waals surface area contributed by atoms with E-state index in [1.54, 1.807) is 42.5 Å². The summed E-state index contributed by atoms with van der Waals surface area (Å²) in [7, 11) is 1.52. The maximum Gasteiger partial charge on any atom is 0.410 e. The van der Waals surface area contributed by atoms with Crippen molar-refractivity contribution in [2.45, 2.75) is 24.7 Å². The summed E-state index contributed by atoms with van der Waals surface area (Å²) in [5, 5.41) is 9.51. The summed E-state index contributed by atoms with van der Waals surface area (Å²) in [6, 6.07) is 10.6. The third-order valence-electron chi connectivity index (χ3n) is 4.85. The molecule has 0 spiro atoms. The molecular formula is C20H18F3N5O2. The topological polar surface area (TPSA) is 81.1 Å². The molecule has 0 saturated carbocycles. The van der Waals surface area contributed by atoms with Gasteiger partial charge in [-0.3, -0.25) is 4.79 Å². The van der Waals surface area contributed by atoms with Crippen LogP contribution in [0.2, 0.25) is 0 Å². The van der Waals surface area contributed by atoms with Gasteiger partial charge in [-0.05, 0) is 29.8 Å². The summed E-state index contributed by atoms with van der Waals surface area (Å²) < 4.78 is 47.2. The summed E-state index contributed by atoms with van der Waals surface area (Å²) >= 11 is 0. The lowest BCUT2D eigenvalue weighted by atomic mass is 9.97. The highest BCUT2D eigenvalue weighted by atomic mass is 19.4. The number of methoxy groups -OCH3 is 1. The fraction of sp³-hybridized carbons (Fsp3) is 0.250. The monoisotopic (exact) mass is 417 g/mol. The predicted molar refractivity (Wildman–Crippen MR) is 103 cm³/mol. The van der Waals surface area contributed by atoms with E-state index in [1.807, 2.05) is 0 Å². The summed E-state index contributed by atoms with van der Waals surface area (Å²) in [4.78, 5) is 16.4. The molecule has 10 heteroatoms. The molecular weight excluding hydrogens is 399 g/mol. The minimum absolute atomic E-state index is 0.121. The normalized spacial score (nSPS) is 18.3. The van der Waals surface area contributed by atoms with Crippen molar-refractivity contribution >= 4 is 17.5 Å². The van der Waals surface area contributed by atoms with Crippen molar-refractivity contribution in [1.82, 2.24) is 14.8 Å². The Morgan fingerprint density at radius 2 is 2.00 bits per heavy atom. The molecule has 0 radical (unpaired) electrons. The smallest absolute Gasteiger partial charge is 0.410 e. The molecule has 1 aromatic carbocycles. The van der Waals surface area contributed by atoms with Gasteiger partial charge in [0.2, 0.25) is 0 Å². The number of amides is 1. The van der Waals surface area contributed by atoms with Gasteiger partial charge in [0, 0.05) is 18.7 Å². The van der Waals surface area contributed by atoms with Crippen LogP contribution in [0.3, 0.4) is 0 Å². The van der Waals surface area contributed by atoms with Gasteiger partial charge in [0.25, 0.3) is 5.91 Å². The number of anilines is 2. The molecule has 1 aliphatic heterocycles. The standard InChI is InChI=1S/C20H18F3N5O2/c1-30-13-7-5-12(6-8-13)14-10-16(20(21,22)23)28-18(25-14)11-15(27-28)19(29)26-17-4-2-3-9-24-17/h2-9,11,14,16,25H,10H2,1H3,(H,24,26,29)/t14-,16-/m0/s1. The zero-order valence-electron chi connectivity index (χ0n) is 15.8. The highest BCUT2D eigenvalue weighted by Gasteiger charge is 2.46. The number of ether oxygens (including phenoxy) is 1. The minimum Gasteiger partial charge on any atom is -0.497 e. The fourth-order valence-electron chi connectivity index (χ4n) is 3.36. The van der Waals surface area contributed by atoms with Crippen molar-refractivity contribution in [1.29, 1.82) is 0 Å². The first-order chi connectivity index (χ1) is 14.3. The van der Waals surface area contributed by atoms with Crippen LogP contribution in [0, 0.1) is 0 Å². The van der Waals surface area contributed by atoms with E-state index in [9.17, 15) is 18.0 Å². The van der Waals surface area contributed by atoms with Crippen molar-refractivity contribution in [2.75, 3.05) is 17.7 Å². The lowest BCUT2D eigenvalue weighted by molar-refractivity contribution is -0.173. The number of benzene rings is 1. The first kappa shape index (κ1) is 19.7. The van der Waals surface area contributed by atoms with E-state index in [2.05, 4.69) is 20.7 Å². The number of nitrogens with one attached hydrogen (secondary N) is 2. The number of aromatic nitrogens is 3. The van der Waals surface area contributed by atoms with E-state index >= 15 is 0 Å². The Bertz CT molecular complexity index is 1030. The molecule has 0 fully saturated rings. The zero-order chi connectivity index (χ0) is 21.3. The number of alkyl halides is 3. The van der Waals surface area contributed by atoms with E-state index in [-0.39, 0.29) is 23.8 Å². The predicted octanol–water partition coefficient (Wildman–Crippen LogP) is 4.20. The maximum atomic E-state index is 13.8. The molecule has 2 aromatic heterocycles. The summed E-state index contributed by atoms with van der Waals surface area (Å²) in [5.41, 5.74) is 0.546. The van der Waals surface area contributed by atoms with Crippen LogP contribution in [0.4, 0.5) is 24.8 Å². The van der Waals surface area contributed by atoms with Gasteiger partial charge in [0.05, 0.1) is 13.2 Å². The molecule has 0 bridgehead atoms. The van der Waals surface area contributed by atoms with Crippen LogP contribution in [-0.2, 0) is 0 Å². The molecule has 156 valence electrons. The Morgan fingerprint density at radius 3 is 2.63 bits per heavy atom. The molecule has 7 nitrogen and oxygen atoms in total. The summed E-state index contributed by atoms with van der Waals surface area (Å²) in [6.45, 7) is 0. The van der Waals surface area contributed by atoms with E-state index in [0.717, 1.165) is 4.68 Å². The van der Waals surface area contributed by atoms with Crippen LogP contribution in [0.15, 0.2) is 54.7 Å². The molecule has 1 aliphatic rings. The van der Waals surface area contributed by atoms with Gasteiger partial charge in [0.1, 0.15) is 17.4 Å². The second-order valence-electron chi connectivity index (χ2n) is 6.79. The van der Waals surface area contributed by atoms with E-state index in [0.29, 0.717) is 11.3 Å². The number of hydrogen-bond donors (Lipinski definition) is 2. The van der Waals surface area contributed by atoms with Crippen molar-refractivity contribution < 1.29 is 22.7 Å². The third-order valence-corrected chi connectivity index (χ3v) is 4.85. The van der Waals surface area contributed by atoms with Gasteiger partial charge in [-0.2, -0.15) is 18.3 Å². The first-order valence-electron chi connectivity index (χ1n) is 9.14. The number of carbonyl (C=O) groups is 1. The lowest BCUT2D eigenvalue weighted by Gasteiger charge is -2.33. The molecule has 30 heavy (non-hydrogen) atoms. The number of carbonyl (C=O) groups excluding carboxylic acids is 1. The number of hydrogen-bond acceptors (Lipinski definition) is 5. The number of nitrogens with zero attached hydrogens (tertiary/aromatic N) is 3. The summed E-state index contributed by atoms with van der Waals surface area (Å²) in [5.74, 6) is 0.375. The second kappa shape index (κ2) is 7.69. The Labute approximate surface area is 169 Å². The number of fused-ring (bicyclic) bond motifs is 1. The van der Waals surface area contributed by atoms with Gasteiger partial charge in [-0.15, -0.1) is 0 Å². The Kier molecular flexibility index (Phi) is 5.06. The van der Waals surface area contributed by atoms with Crippen molar-refractivity contribution in [3.8, 4) is 5.75 Å². The van der Waals surface area contributed by atoms with Crippen LogP contribution < -0.4 is 15.4 Å². The molecule has 1 amide bonds. The molecule has 3 heterocycles. The number of pyridine rings is 1. The molecule has 0 saturated heterocycles. The van der Waals surface area contributed by atoms with Crippen LogP contribution in [0.1, 0.15) is 34.6 Å². The maximum absolute atomic E-state index is 13.8. The van der Waals surface area contributed by atoms with Crippen LogP contribution in [0.25, 0.3) is 0 Å². The van der Waals surface area contributed by atoms with Crippen LogP contribution in [-0.4, -0.2) is 34.0 Å². The van der Waals surface area contributed by atoms with Gasteiger partial charge in [-0.1, -0.05) is 18.2 Å². The molecule has 0 unspecified atom stereocenters. The van der Waals surface area contributed by atoms with Gasteiger partial charge >= 0.3 is 6.18 Å². The van der Waals surface area contributed by atoms with E-state index < -0.39 is 24.2 Å². The van der Waals surface area contributed by atoms with Gasteiger partial charge in [-0.25, -0.2) is 9.67 Å². The highest BCUT2D eigenvalue weighted by Crippen LogP contribution is 2.43. The second-order valence-corrected chi connectivity index (χ2v) is 6.79. The summed E-state index contributed by atoms with van der Waals surface area (Å²) in [6.07, 6.45) is -3.29. The molecule has 3 aromatic rings. The molecule has 2 atom stereocenters. The zero-order valence-corrected chi connectivity index (χ0v) is 15.8. The molecule has 4 rings (SSSR count). The fourth-order valence-corrected chi connectivity index (χ4v) is 3.36. The molecule has 2 N–H and O–H groups in total.